The zero-order chi connectivity index (χ0) is 12.3. The Morgan fingerprint density at radius 1 is 1.71 bits per heavy atom. The van der Waals surface area contributed by atoms with Crippen molar-refractivity contribution in [3.63, 3.8) is 0 Å². The summed E-state index contributed by atoms with van der Waals surface area (Å²) in [7, 11) is 0. The van der Waals surface area contributed by atoms with E-state index >= 15 is 0 Å². The van der Waals surface area contributed by atoms with Crippen LogP contribution in [0, 0.1) is 0 Å². The molecule has 0 bridgehead atoms. The van der Waals surface area contributed by atoms with E-state index in [2.05, 4.69) is 11.6 Å². The summed E-state index contributed by atoms with van der Waals surface area (Å²) in [6, 6.07) is 3.45. The first kappa shape index (κ1) is 11.8. The summed E-state index contributed by atoms with van der Waals surface area (Å²) in [5, 5.41) is 0. The van der Waals surface area contributed by atoms with E-state index < -0.39 is 6.04 Å². The quantitative estimate of drug-likeness (QED) is 0.785. The third kappa shape index (κ3) is 2.53. The second kappa shape index (κ2) is 5.10. The monoisotopic (exact) mass is 231 g/mol. The van der Waals surface area contributed by atoms with E-state index in [1.54, 1.807) is 17.2 Å². The minimum absolute atomic E-state index is 0.000553. The zero-order valence-corrected chi connectivity index (χ0v) is 9.80. The number of rotatable bonds is 3. The Bertz CT molecular complexity index is 430. The van der Waals surface area contributed by atoms with E-state index in [4.69, 9.17) is 5.73 Å². The number of amides is 1. The molecule has 0 spiro atoms. The Morgan fingerprint density at radius 2 is 2.53 bits per heavy atom. The maximum absolute atomic E-state index is 12.0. The highest BCUT2D eigenvalue weighted by Crippen LogP contribution is 2.17. The molecule has 0 radical (unpaired) electrons. The van der Waals surface area contributed by atoms with Crippen LogP contribution >= 0.6 is 0 Å². The molecular formula is C13H17N3O. The smallest absolute Gasteiger partial charge is 0.240 e. The van der Waals surface area contributed by atoms with Gasteiger partial charge in [0, 0.05) is 31.4 Å². The lowest BCUT2D eigenvalue weighted by Crippen LogP contribution is -2.45. The molecule has 17 heavy (non-hydrogen) atoms. The van der Waals surface area contributed by atoms with Crippen molar-refractivity contribution >= 4 is 5.91 Å². The molecule has 1 atom stereocenters. The van der Waals surface area contributed by atoms with Crippen molar-refractivity contribution in [2.24, 2.45) is 5.73 Å². The summed E-state index contributed by atoms with van der Waals surface area (Å²) in [4.78, 5) is 18.1. The Balaban J connectivity index is 2.07. The van der Waals surface area contributed by atoms with Crippen LogP contribution in [0.2, 0.25) is 0 Å². The van der Waals surface area contributed by atoms with Crippen LogP contribution in [-0.2, 0) is 17.8 Å². The lowest BCUT2D eigenvalue weighted by Gasteiger charge is -2.30. The maximum Gasteiger partial charge on any atom is 0.240 e. The molecule has 1 unspecified atom stereocenters. The number of nitrogens with two attached hydrogens (primary N) is 1. The highest BCUT2D eigenvalue weighted by Gasteiger charge is 2.24. The zero-order valence-electron chi connectivity index (χ0n) is 9.80. The van der Waals surface area contributed by atoms with E-state index in [0.29, 0.717) is 19.5 Å². The summed E-state index contributed by atoms with van der Waals surface area (Å²) >= 11 is 0. The number of nitrogens with zero attached hydrogens (tertiary/aromatic N) is 2. The number of carbonyl (C=O) groups is 1. The third-order valence-electron chi connectivity index (χ3n) is 3.01. The van der Waals surface area contributed by atoms with Gasteiger partial charge in [-0.05, 0) is 18.1 Å². The van der Waals surface area contributed by atoms with Crippen LogP contribution in [-0.4, -0.2) is 28.4 Å². The van der Waals surface area contributed by atoms with Crippen LogP contribution in [0.5, 0.6) is 0 Å². The van der Waals surface area contributed by atoms with Crippen LogP contribution in [0.25, 0.3) is 0 Å². The predicted molar refractivity (Wildman–Crippen MR) is 66.1 cm³/mol. The summed E-state index contributed by atoms with van der Waals surface area (Å²) in [5.74, 6) is -0.000553. The van der Waals surface area contributed by atoms with Gasteiger partial charge >= 0.3 is 0 Å². The summed E-state index contributed by atoms with van der Waals surface area (Å²) in [6.45, 7) is 4.92. The van der Waals surface area contributed by atoms with Gasteiger partial charge in [-0.25, -0.2) is 0 Å². The van der Waals surface area contributed by atoms with Gasteiger partial charge < -0.3 is 10.6 Å². The third-order valence-corrected chi connectivity index (χ3v) is 3.01. The van der Waals surface area contributed by atoms with Gasteiger partial charge in [-0.3, -0.25) is 9.78 Å². The van der Waals surface area contributed by atoms with E-state index in [1.165, 1.54) is 0 Å². The molecule has 1 aliphatic rings. The molecule has 0 aromatic carbocycles. The van der Waals surface area contributed by atoms with E-state index in [-0.39, 0.29) is 5.91 Å². The molecule has 0 aliphatic carbocycles. The Morgan fingerprint density at radius 3 is 3.29 bits per heavy atom. The molecule has 0 saturated carbocycles. The Hall–Kier alpha value is -1.68. The maximum atomic E-state index is 12.0. The number of fused-ring (bicyclic) bond motifs is 1. The Labute approximate surface area is 101 Å². The molecule has 90 valence electrons. The summed E-state index contributed by atoms with van der Waals surface area (Å²) in [6.07, 6.45) is 4.81. The first-order valence-corrected chi connectivity index (χ1v) is 5.80. The number of pyridine rings is 1. The van der Waals surface area contributed by atoms with Gasteiger partial charge in [0.25, 0.3) is 0 Å². The number of aromatic nitrogens is 1. The normalized spacial score (nSPS) is 16.2. The minimum Gasteiger partial charge on any atom is -0.337 e. The molecule has 1 aromatic rings. The standard InChI is InChI=1S/C13H17N3O/c1-2-4-11(14)13(17)16-8-6-12-10(9-16)5-3-7-15-12/h2-3,5,7,11H,1,4,6,8-9,14H2. The van der Waals surface area contributed by atoms with Gasteiger partial charge in [-0.1, -0.05) is 12.1 Å². The van der Waals surface area contributed by atoms with E-state index in [9.17, 15) is 4.79 Å². The second-order valence-corrected chi connectivity index (χ2v) is 4.25. The molecule has 1 aromatic heterocycles. The first-order valence-electron chi connectivity index (χ1n) is 5.80. The van der Waals surface area contributed by atoms with E-state index in [1.807, 2.05) is 12.1 Å². The van der Waals surface area contributed by atoms with Crippen molar-refractivity contribution in [2.75, 3.05) is 6.54 Å². The fourth-order valence-corrected chi connectivity index (χ4v) is 2.07. The molecule has 4 nitrogen and oxygen atoms in total. The molecular weight excluding hydrogens is 214 g/mol. The van der Waals surface area contributed by atoms with Gasteiger partial charge in [-0.15, -0.1) is 6.58 Å². The predicted octanol–water partition coefficient (Wildman–Crippen LogP) is 0.870. The van der Waals surface area contributed by atoms with Crippen molar-refractivity contribution < 1.29 is 4.79 Å². The summed E-state index contributed by atoms with van der Waals surface area (Å²) in [5.41, 5.74) is 8.02. The molecule has 0 fully saturated rings. The molecule has 4 heteroatoms. The van der Waals surface area contributed by atoms with Crippen molar-refractivity contribution in [3.05, 3.63) is 42.2 Å². The average molecular weight is 231 g/mol. The van der Waals surface area contributed by atoms with E-state index in [0.717, 1.165) is 17.7 Å². The Kier molecular flexibility index (Phi) is 3.54. The van der Waals surface area contributed by atoms with Crippen LogP contribution < -0.4 is 5.73 Å². The lowest BCUT2D eigenvalue weighted by atomic mass is 10.0. The first-order chi connectivity index (χ1) is 8.22. The van der Waals surface area contributed by atoms with Crippen molar-refractivity contribution in [1.82, 2.24) is 9.88 Å². The van der Waals surface area contributed by atoms with Gasteiger partial charge in [0.15, 0.2) is 0 Å². The topological polar surface area (TPSA) is 59.2 Å². The van der Waals surface area contributed by atoms with Crippen LogP contribution in [0.3, 0.4) is 0 Å². The molecule has 2 N–H and O–H groups in total. The molecule has 2 heterocycles. The fraction of sp³-hybridized carbons (Fsp3) is 0.385. The van der Waals surface area contributed by atoms with Gasteiger partial charge in [0.1, 0.15) is 0 Å². The molecule has 2 rings (SSSR count). The highest BCUT2D eigenvalue weighted by molar-refractivity contribution is 5.82. The van der Waals surface area contributed by atoms with Crippen molar-refractivity contribution in [2.45, 2.75) is 25.4 Å². The highest BCUT2D eigenvalue weighted by atomic mass is 16.2. The second-order valence-electron chi connectivity index (χ2n) is 4.25. The lowest BCUT2D eigenvalue weighted by molar-refractivity contribution is -0.133. The van der Waals surface area contributed by atoms with Gasteiger partial charge in [0.2, 0.25) is 5.91 Å². The fourth-order valence-electron chi connectivity index (χ4n) is 2.07. The summed E-state index contributed by atoms with van der Waals surface area (Å²) < 4.78 is 0. The largest absolute Gasteiger partial charge is 0.337 e. The van der Waals surface area contributed by atoms with Crippen LogP contribution in [0.4, 0.5) is 0 Å². The van der Waals surface area contributed by atoms with Crippen molar-refractivity contribution in [1.29, 1.82) is 0 Å². The molecule has 1 aliphatic heterocycles. The number of hydrogen-bond acceptors (Lipinski definition) is 3. The van der Waals surface area contributed by atoms with Crippen molar-refractivity contribution in [3.8, 4) is 0 Å². The van der Waals surface area contributed by atoms with Gasteiger partial charge in [0.05, 0.1) is 6.04 Å². The molecule has 0 saturated heterocycles. The van der Waals surface area contributed by atoms with Gasteiger partial charge in [-0.2, -0.15) is 0 Å². The SMILES string of the molecule is C=CCC(N)C(=O)N1CCc2ncccc2C1. The molecule has 1 amide bonds. The average Bonchev–Trinajstić information content (AvgIpc) is 2.37. The number of hydrogen-bond donors (Lipinski definition) is 1. The minimum atomic E-state index is -0.467. The van der Waals surface area contributed by atoms with Crippen LogP contribution in [0.1, 0.15) is 17.7 Å². The van der Waals surface area contributed by atoms with Crippen LogP contribution in [0.15, 0.2) is 31.0 Å². The number of carbonyl (C=O) groups excluding carboxylic acids is 1.